The van der Waals surface area contributed by atoms with Crippen LogP contribution in [-0.4, -0.2) is 15.7 Å². The lowest BCUT2D eigenvalue weighted by molar-refractivity contribution is -0.254. The summed E-state index contributed by atoms with van der Waals surface area (Å²) in [5, 5.41) is 16.8. The SMILES string of the molecule is Cc1nn(-c2cccc(Cl)c2)c2sc(C(=O)[O-])cc12. The Labute approximate surface area is 117 Å². The Hall–Kier alpha value is -1.85. The van der Waals surface area contributed by atoms with Crippen molar-refractivity contribution >= 4 is 39.1 Å². The second-order valence-corrected chi connectivity index (χ2v) is 5.56. The van der Waals surface area contributed by atoms with Crippen LogP contribution in [0.4, 0.5) is 0 Å². The van der Waals surface area contributed by atoms with E-state index in [2.05, 4.69) is 5.10 Å². The number of hydrogen-bond acceptors (Lipinski definition) is 4. The number of rotatable bonds is 2. The summed E-state index contributed by atoms with van der Waals surface area (Å²) in [6, 6.07) is 8.86. The minimum atomic E-state index is -1.17. The maximum atomic E-state index is 10.9. The molecule has 4 nitrogen and oxygen atoms in total. The molecule has 0 unspecified atom stereocenters. The van der Waals surface area contributed by atoms with Crippen LogP contribution in [0, 0.1) is 6.92 Å². The summed E-state index contributed by atoms with van der Waals surface area (Å²) < 4.78 is 1.70. The molecule has 0 saturated carbocycles. The van der Waals surface area contributed by atoms with Crippen molar-refractivity contribution in [2.75, 3.05) is 0 Å². The van der Waals surface area contributed by atoms with Gasteiger partial charge in [0.05, 0.1) is 22.2 Å². The number of carboxylic acids is 1. The predicted octanol–water partition coefficient (Wildman–Crippen LogP) is 2.41. The van der Waals surface area contributed by atoms with E-state index < -0.39 is 5.97 Å². The van der Waals surface area contributed by atoms with E-state index >= 15 is 0 Å². The van der Waals surface area contributed by atoms with Crippen LogP contribution in [0.2, 0.25) is 5.02 Å². The van der Waals surface area contributed by atoms with Gasteiger partial charge in [-0.05, 0) is 31.2 Å². The van der Waals surface area contributed by atoms with Crippen LogP contribution in [0.15, 0.2) is 30.3 Å². The number of fused-ring (bicyclic) bond motifs is 1. The molecule has 0 saturated heterocycles. The molecule has 3 aromatic rings. The van der Waals surface area contributed by atoms with Crippen LogP contribution in [-0.2, 0) is 0 Å². The van der Waals surface area contributed by atoms with Gasteiger partial charge in [0.25, 0.3) is 0 Å². The molecule has 0 fully saturated rings. The van der Waals surface area contributed by atoms with E-state index in [1.807, 2.05) is 19.1 Å². The van der Waals surface area contributed by atoms with E-state index in [1.54, 1.807) is 22.9 Å². The van der Waals surface area contributed by atoms with E-state index in [9.17, 15) is 9.90 Å². The number of hydrogen-bond donors (Lipinski definition) is 0. The summed E-state index contributed by atoms with van der Waals surface area (Å²) in [5.74, 6) is -1.17. The molecule has 0 spiro atoms. The van der Waals surface area contributed by atoms with Crippen molar-refractivity contribution in [1.29, 1.82) is 0 Å². The van der Waals surface area contributed by atoms with Crippen molar-refractivity contribution in [2.24, 2.45) is 0 Å². The van der Waals surface area contributed by atoms with Crippen molar-refractivity contribution in [3.63, 3.8) is 0 Å². The maximum Gasteiger partial charge on any atom is 0.128 e. The van der Waals surface area contributed by atoms with Gasteiger partial charge >= 0.3 is 0 Å². The third-order valence-electron chi connectivity index (χ3n) is 2.80. The number of carbonyl (C=O) groups excluding carboxylic acids is 1. The van der Waals surface area contributed by atoms with Crippen LogP contribution in [0.3, 0.4) is 0 Å². The number of halogens is 1. The highest BCUT2D eigenvalue weighted by Crippen LogP contribution is 2.30. The highest BCUT2D eigenvalue weighted by molar-refractivity contribution is 7.20. The van der Waals surface area contributed by atoms with Crippen molar-refractivity contribution in [3.05, 3.63) is 45.9 Å². The van der Waals surface area contributed by atoms with Gasteiger partial charge in [-0.1, -0.05) is 17.7 Å². The standard InChI is InChI=1S/C13H9ClN2O2S/c1-7-10-6-11(13(17)18)19-12(10)16(15-7)9-4-2-3-8(14)5-9/h2-6H,1H3,(H,17,18)/p-1. The van der Waals surface area contributed by atoms with Crippen LogP contribution < -0.4 is 5.11 Å². The van der Waals surface area contributed by atoms with Crippen LogP contribution in [0.1, 0.15) is 15.4 Å². The summed E-state index contributed by atoms with van der Waals surface area (Å²) in [6.45, 7) is 1.84. The Kier molecular flexibility index (Phi) is 2.80. The molecule has 0 N–H and O–H groups in total. The third kappa shape index (κ3) is 2.01. The number of aryl methyl sites for hydroxylation is 1. The first-order chi connectivity index (χ1) is 9.06. The van der Waals surface area contributed by atoms with E-state index in [1.165, 1.54) is 0 Å². The summed E-state index contributed by atoms with van der Waals surface area (Å²) in [7, 11) is 0. The van der Waals surface area contributed by atoms with Crippen molar-refractivity contribution in [1.82, 2.24) is 9.78 Å². The van der Waals surface area contributed by atoms with Gasteiger partial charge in [-0.2, -0.15) is 5.10 Å². The molecule has 3 rings (SSSR count). The van der Waals surface area contributed by atoms with Gasteiger partial charge in [0, 0.05) is 10.4 Å². The zero-order valence-corrected chi connectivity index (χ0v) is 11.5. The highest BCUT2D eigenvalue weighted by atomic mass is 35.5. The molecule has 0 radical (unpaired) electrons. The van der Waals surface area contributed by atoms with Gasteiger partial charge in [0.2, 0.25) is 0 Å². The number of nitrogens with zero attached hydrogens (tertiary/aromatic N) is 2. The summed E-state index contributed by atoms with van der Waals surface area (Å²) in [5.41, 5.74) is 1.58. The van der Waals surface area contributed by atoms with Gasteiger partial charge in [0.1, 0.15) is 4.83 Å². The molecule has 0 atom stereocenters. The second kappa shape index (κ2) is 4.36. The quantitative estimate of drug-likeness (QED) is 0.728. The molecule has 2 heterocycles. The molecule has 0 bridgehead atoms. The lowest BCUT2D eigenvalue weighted by Gasteiger charge is -2.02. The first kappa shape index (κ1) is 12.2. The molecule has 19 heavy (non-hydrogen) atoms. The summed E-state index contributed by atoms with van der Waals surface area (Å²) >= 11 is 7.12. The minimum absolute atomic E-state index is 0.200. The van der Waals surface area contributed by atoms with E-state index in [-0.39, 0.29) is 4.88 Å². The van der Waals surface area contributed by atoms with Gasteiger partial charge < -0.3 is 9.90 Å². The maximum absolute atomic E-state index is 10.9. The van der Waals surface area contributed by atoms with Crippen molar-refractivity contribution < 1.29 is 9.90 Å². The van der Waals surface area contributed by atoms with Crippen molar-refractivity contribution in [3.8, 4) is 5.69 Å². The average Bonchev–Trinajstić information content (AvgIpc) is 2.90. The third-order valence-corrected chi connectivity index (χ3v) is 4.12. The summed E-state index contributed by atoms with van der Waals surface area (Å²) in [4.78, 5) is 11.9. The largest absolute Gasteiger partial charge is 0.544 e. The van der Waals surface area contributed by atoms with Crippen molar-refractivity contribution in [2.45, 2.75) is 6.92 Å². The number of aromatic nitrogens is 2. The Morgan fingerprint density at radius 1 is 1.42 bits per heavy atom. The van der Waals surface area contributed by atoms with Crippen LogP contribution >= 0.6 is 22.9 Å². The number of thiophene rings is 1. The molecule has 96 valence electrons. The predicted molar refractivity (Wildman–Crippen MR) is 73.0 cm³/mol. The molecule has 1 aromatic carbocycles. The van der Waals surface area contributed by atoms with Gasteiger partial charge in [-0.15, -0.1) is 11.3 Å². The van der Waals surface area contributed by atoms with E-state index in [0.717, 1.165) is 32.9 Å². The monoisotopic (exact) mass is 291 g/mol. The average molecular weight is 292 g/mol. The molecule has 0 amide bonds. The Balaban J connectivity index is 2.26. The molecule has 0 aliphatic heterocycles. The molecule has 0 aliphatic rings. The Morgan fingerprint density at radius 2 is 2.21 bits per heavy atom. The zero-order chi connectivity index (χ0) is 13.6. The van der Waals surface area contributed by atoms with Gasteiger partial charge in [0.15, 0.2) is 0 Å². The van der Waals surface area contributed by atoms with Gasteiger partial charge in [-0.3, -0.25) is 0 Å². The molecule has 0 aliphatic carbocycles. The first-order valence-electron chi connectivity index (χ1n) is 5.53. The number of benzene rings is 1. The van der Waals surface area contributed by atoms with E-state index in [0.29, 0.717) is 5.02 Å². The Bertz CT molecular complexity index is 791. The number of carboxylic acid groups (broad SMARTS) is 1. The first-order valence-corrected chi connectivity index (χ1v) is 6.72. The molecule has 6 heteroatoms. The molecular weight excluding hydrogens is 284 g/mol. The van der Waals surface area contributed by atoms with E-state index in [4.69, 9.17) is 11.6 Å². The van der Waals surface area contributed by atoms with Crippen LogP contribution in [0.5, 0.6) is 0 Å². The van der Waals surface area contributed by atoms with Crippen LogP contribution in [0.25, 0.3) is 15.9 Å². The fourth-order valence-corrected chi connectivity index (χ4v) is 3.13. The molecule has 2 aromatic heterocycles. The van der Waals surface area contributed by atoms with Gasteiger partial charge in [-0.25, -0.2) is 4.68 Å². The normalized spacial score (nSPS) is 11.1. The Morgan fingerprint density at radius 3 is 2.89 bits per heavy atom. The number of carbonyl (C=O) groups is 1. The lowest BCUT2D eigenvalue weighted by atomic mass is 10.3. The highest BCUT2D eigenvalue weighted by Gasteiger charge is 2.13. The minimum Gasteiger partial charge on any atom is -0.544 e. The topological polar surface area (TPSA) is 58.0 Å². The number of aromatic carboxylic acids is 1. The fraction of sp³-hybridized carbons (Fsp3) is 0.0769. The molecular formula is C13H8ClN2O2S-. The second-order valence-electron chi connectivity index (χ2n) is 4.09. The fourth-order valence-electron chi connectivity index (χ4n) is 1.93. The lowest BCUT2D eigenvalue weighted by Crippen LogP contribution is -2.20. The zero-order valence-electron chi connectivity index (χ0n) is 9.88. The smallest absolute Gasteiger partial charge is 0.128 e. The summed E-state index contributed by atoms with van der Waals surface area (Å²) in [6.07, 6.45) is 0.